The van der Waals surface area contributed by atoms with Crippen molar-refractivity contribution >= 4 is 28.7 Å². The normalized spacial score (nSPS) is 10.3. The van der Waals surface area contributed by atoms with Gasteiger partial charge in [0, 0.05) is 24.5 Å². The SMILES string of the molecule is CCN(CC)c1ccc(NC(=S)NCc2ccc(C)o2)cc1. The molecule has 0 unspecified atom stereocenters. The molecule has 0 radical (unpaired) electrons. The number of thiocarbonyl (C=S) groups is 1. The van der Waals surface area contributed by atoms with E-state index in [1.54, 1.807) is 0 Å². The Morgan fingerprint density at radius 1 is 1.09 bits per heavy atom. The average molecular weight is 317 g/mol. The maximum absolute atomic E-state index is 5.50. The van der Waals surface area contributed by atoms with Crippen LogP contribution in [0, 0.1) is 6.92 Å². The van der Waals surface area contributed by atoms with Gasteiger partial charge in [-0.15, -0.1) is 0 Å². The van der Waals surface area contributed by atoms with Crippen molar-refractivity contribution in [3.8, 4) is 0 Å². The van der Waals surface area contributed by atoms with E-state index in [0.717, 1.165) is 30.3 Å². The summed E-state index contributed by atoms with van der Waals surface area (Å²) >= 11 is 5.30. The van der Waals surface area contributed by atoms with Crippen LogP contribution in [0.25, 0.3) is 0 Å². The molecule has 2 N–H and O–H groups in total. The summed E-state index contributed by atoms with van der Waals surface area (Å²) < 4.78 is 5.50. The molecule has 118 valence electrons. The highest BCUT2D eigenvalue weighted by molar-refractivity contribution is 7.80. The number of nitrogens with zero attached hydrogens (tertiary/aromatic N) is 1. The van der Waals surface area contributed by atoms with Crippen LogP contribution in [0.3, 0.4) is 0 Å². The van der Waals surface area contributed by atoms with Crippen molar-refractivity contribution in [1.82, 2.24) is 5.32 Å². The molecule has 5 heteroatoms. The Bertz CT molecular complexity index is 603. The predicted octanol–water partition coefficient (Wildman–Crippen LogP) is 3.92. The van der Waals surface area contributed by atoms with Gasteiger partial charge in [0.15, 0.2) is 5.11 Å². The Hall–Kier alpha value is -2.01. The molecule has 1 aromatic heterocycles. The number of benzene rings is 1. The standard InChI is InChI=1S/C17H23N3OS/c1-4-20(5-2)15-9-7-14(8-10-15)19-17(22)18-12-16-11-6-13(3)21-16/h6-11H,4-5,12H2,1-3H3,(H2,18,19,22). The second kappa shape index (κ2) is 7.84. The molecule has 0 aliphatic rings. The monoisotopic (exact) mass is 317 g/mol. The van der Waals surface area contributed by atoms with E-state index in [4.69, 9.17) is 16.6 Å². The molecule has 0 bridgehead atoms. The fraction of sp³-hybridized carbons (Fsp3) is 0.353. The molecule has 0 aliphatic heterocycles. The van der Waals surface area contributed by atoms with Gasteiger partial charge in [0.2, 0.25) is 0 Å². The summed E-state index contributed by atoms with van der Waals surface area (Å²) in [4.78, 5) is 2.31. The molecule has 4 nitrogen and oxygen atoms in total. The maximum Gasteiger partial charge on any atom is 0.171 e. The van der Waals surface area contributed by atoms with Crippen LogP contribution in [0.4, 0.5) is 11.4 Å². The first-order valence-corrected chi connectivity index (χ1v) is 7.98. The fourth-order valence-electron chi connectivity index (χ4n) is 2.27. The molecule has 1 aromatic carbocycles. The minimum Gasteiger partial charge on any atom is -0.465 e. The molecule has 0 atom stereocenters. The van der Waals surface area contributed by atoms with Gasteiger partial charge in [0.05, 0.1) is 6.54 Å². The zero-order valence-electron chi connectivity index (χ0n) is 13.3. The molecule has 0 fully saturated rings. The average Bonchev–Trinajstić information content (AvgIpc) is 2.94. The lowest BCUT2D eigenvalue weighted by Gasteiger charge is -2.21. The zero-order valence-corrected chi connectivity index (χ0v) is 14.2. The Labute approximate surface area is 137 Å². The summed E-state index contributed by atoms with van der Waals surface area (Å²) in [5.74, 6) is 1.78. The van der Waals surface area contributed by atoms with Gasteiger partial charge in [-0.1, -0.05) is 0 Å². The molecule has 0 amide bonds. The highest BCUT2D eigenvalue weighted by Gasteiger charge is 2.03. The van der Waals surface area contributed by atoms with E-state index in [-0.39, 0.29) is 0 Å². The van der Waals surface area contributed by atoms with Crippen LogP contribution in [0.15, 0.2) is 40.8 Å². The van der Waals surface area contributed by atoms with Crippen molar-refractivity contribution in [3.63, 3.8) is 0 Å². The largest absolute Gasteiger partial charge is 0.465 e. The fourth-order valence-corrected chi connectivity index (χ4v) is 2.46. The summed E-state index contributed by atoms with van der Waals surface area (Å²) in [7, 11) is 0. The van der Waals surface area contributed by atoms with Gasteiger partial charge in [0.25, 0.3) is 0 Å². The van der Waals surface area contributed by atoms with E-state index in [0.29, 0.717) is 11.7 Å². The highest BCUT2D eigenvalue weighted by Crippen LogP contribution is 2.17. The van der Waals surface area contributed by atoms with Crippen molar-refractivity contribution in [3.05, 3.63) is 47.9 Å². The first-order chi connectivity index (χ1) is 10.6. The zero-order chi connectivity index (χ0) is 15.9. The van der Waals surface area contributed by atoms with E-state index in [1.165, 1.54) is 5.69 Å². The Balaban J connectivity index is 1.86. The second-order valence-electron chi connectivity index (χ2n) is 5.04. The van der Waals surface area contributed by atoms with Crippen LogP contribution in [-0.4, -0.2) is 18.2 Å². The quantitative estimate of drug-likeness (QED) is 0.790. The lowest BCUT2D eigenvalue weighted by atomic mass is 10.2. The topological polar surface area (TPSA) is 40.4 Å². The third kappa shape index (κ3) is 4.49. The second-order valence-corrected chi connectivity index (χ2v) is 5.45. The Morgan fingerprint density at radius 2 is 1.77 bits per heavy atom. The smallest absolute Gasteiger partial charge is 0.171 e. The summed E-state index contributed by atoms with van der Waals surface area (Å²) in [5.41, 5.74) is 2.20. The molecule has 0 spiro atoms. The van der Waals surface area contributed by atoms with E-state index >= 15 is 0 Å². The maximum atomic E-state index is 5.50. The number of hydrogen-bond donors (Lipinski definition) is 2. The van der Waals surface area contributed by atoms with Gasteiger partial charge in [-0.05, 0) is 69.4 Å². The van der Waals surface area contributed by atoms with Crippen LogP contribution in [-0.2, 0) is 6.54 Å². The molecular weight excluding hydrogens is 294 g/mol. The molecular formula is C17H23N3OS. The van der Waals surface area contributed by atoms with Crippen molar-refractivity contribution in [2.75, 3.05) is 23.3 Å². The molecule has 2 aromatic rings. The van der Waals surface area contributed by atoms with E-state index < -0.39 is 0 Å². The number of rotatable bonds is 6. The van der Waals surface area contributed by atoms with Gasteiger partial charge in [-0.2, -0.15) is 0 Å². The molecule has 2 rings (SSSR count). The van der Waals surface area contributed by atoms with Crippen molar-refractivity contribution in [2.24, 2.45) is 0 Å². The number of furan rings is 1. The third-order valence-electron chi connectivity index (χ3n) is 3.47. The minimum absolute atomic E-state index is 0.581. The van der Waals surface area contributed by atoms with Gasteiger partial charge in [-0.3, -0.25) is 0 Å². The van der Waals surface area contributed by atoms with Gasteiger partial charge in [-0.25, -0.2) is 0 Å². The van der Waals surface area contributed by atoms with Crippen LogP contribution in [0.1, 0.15) is 25.4 Å². The third-order valence-corrected chi connectivity index (χ3v) is 3.72. The summed E-state index contributed by atoms with van der Waals surface area (Å²) in [6, 6.07) is 12.2. The van der Waals surface area contributed by atoms with E-state index in [1.807, 2.05) is 31.2 Å². The summed E-state index contributed by atoms with van der Waals surface area (Å²) in [5, 5.41) is 6.91. The highest BCUT2D eigenvalue weighted by atomic mass is 32.1. The summed E-state index contributed by atoms with van der Waals surface area (Å²) in [6.45, 7) is 8.84. The number of aryl methyl sites for hydroxylation is 1. The molecule has 1 heterocycles. The van der Waals surface area contributed by atoms with Crippen LogP contribution < -0.4 is 15.5 Å². The Kier molecular flexibility index (Phi) is 5.83. The lowest BCUT2D eigenvalue weighted by Crippen LogP contribution is -2.27. The van der Waals surface area contributed by atoms with Crippen LogP contribution in [0.2, 0.25) is 0 Å². The van der Waals surface area contributed by atoms with Crippen molar-refractivity contribution in [2.45, 2.75) is 27.3 Å². The number of anilines is 2. The predicted molar refractivity (Wildman–Crippen MR) is 96.5 cm³/mol. The lowest BCUT2D eigenvalue weighted by molar-refractivity contribution is 0.478. The van der Waals surface area contributed by atoms with Crippen LogP contribution in [0.5, 0.6) is 0 Å². The van der Waals surface area contributed by atoms with E-state index in [9.17, 15) is 0 Å². The van der Waals surface area contributed by atoms with Gasteiger partial charge < -0.3 is 20.0 Å². The summed E-state index contributed by atoms with van der Waals surface area (Å²) in [6.07, 6.45) is 0. The Morgan fingerprint density at radius 3 is 2.32 bits per heavy atom. The molecule has 22 heavy (non-hydrogen) atoms. The number of hydrogen-bond acceptors (Lipinski definition) is 3. The number of nitrogens with one attached hydrogen (secondary N) is 2. The van der Waals surface area contributed by atoms with Gasteiger partial charge >= 0.3 is 0 Å². The first kappa shape index (κ1) is 16.4. The molecule has 0 saturated heterocycles. The molecule has 0 saturated carbocycles. The van der Waals surface area contributed by atoms with Crippen molar-refractivity contribution in [1.29, 1.82) is 0 Å². The minimum atomic E-state index is 0.581. The van der Waals surface area contributed by atoms with Crippen LogP contribution >= 0.6 is 12.2 Å². The van der Waals surface area contributed by atoms with E-state index in [2.05, 4.69) is 41.5 Å². The first-order valence-electron chi connectivity index (χ1n) is 7.57. The van der Waals surface area contributed by atoms with Crippen molar-refractivity contribution < 1.29 is 4.42 Å². The molecule has 0 aliphatic carbocycles. The van der Waals surface area contributed by atoms with Gasteiger partial charge in [0.1, 0.15) is 11.5 Å².